The standard InChI is InChI=1S/C16H17NO2/c1-11(17)16(18)14-5-3-12(4-6-14)13-7-9-15(19-2)10-8-13/h3-11H,17H2,1-2H3. The van der Waals surface area contributed by atoms with E-state index in [-0.39, 0.29) is 5.78 Å². The van der Waals surface area contributed by atoms with Crippen LogP contribution >= 0.6 is 0 Å². The number of methoxy groups -OCH3 is 1. The molecule has 19 heavy (non-hydrogen) atoms. The summed E-state index contributed by atoms with van der Waals surface area (Å²) in [5.74, 6) is 0.786. The Morgan fingerprint density at radius 3 is 1.89 bits per heavy atom. The zero-order valence-electron chi connectivity index (χ0n) is 11.1. The molecule has 0 aliphatic rings. The van der Waals surface area contributed by atoms with Crippen molar-refractivity contribution in [1.29, 1.82) is 0 Å². The van der Waals surface area contributed by atoms with Gasteiger partial charge < -0.3 is 10.5 Å². The van der Waals surface area contributed by atoms with Gasteiger partial charge in [0.15, 0.2) is 5.78 Å². The third-order valence-corrected chi connectivity index (χ3v) is 3.01. The van der Waals surface area contributed by atoms with E-state index in [9.17, 15) is 4.79 Å². The van der Waals surface area contributed by atoms with Crippen LogP contribution in [0.2, 0.25) is 0 Å². The third-order valence-electron chi connectivity index (χ3n) is 3.01. The number of hydrogen-bond donors (Lipinski definition) is 1. The van der Waals surface area contributed by atoms with Crippen LogP contribution in [0.25, 0.3) is 11.1 Å². The van der Waals surface area contributed by atoms with E-state index in [1.807, 2.05) is 48.5 Å². The molecule has 2 aromatic carbocycles. The van der Waals surface area contributed by atoms with Crippen molar-refractivity contribution in [2.24, 2.45) is 5.73 Å². The molecule has 0 aromatic heterocycles. The molecule has 0 saturated carbocycles. The van der Waals surface area contributed by atoms with Gasteiger partial charge in [0, 0.05) is 5.56 Å². The molecule has 0 aliphatic heterocycles. The predicted octanol–water partition coefficient (Wildman–Crippen LogP) is 2.89. The largest absolute Gasteiger partial charge is 0.497 e. The van der Waals surface area contributed by atoms with Gasteiger partial charge in [-0.3, -0.25) is 4.79 Å². The summed E-state index contributed by atoms with van der Waals surface area (Å²) in [6, 6.07) is 14.8. The van der Waals surface area contributed by atoms with Crippen LogP contribution in [0.1, 0.15) is 17.3 Å². The summed E-state index contributed by atoms with van der Waals surface area (Å²) < 4.78 is 5.12. The molecule has 0 amide bonds. The maximum atomic E-state index is 11.7. The normalized spacial score (nSPS) is 11.9. The van der Waals surface area contributed by atoms with Gasteiger partial charge in [0.05, 0.1) is 13.2 Å². The van der Waals surface area contributed by atoms with Gasteiger partial charge in [-0.1, -0.05) is 36.4 Å². The van der Waals surface area contributed by atoms with Crippen molar-refractivity contribution < 1.29 is 9.53 Å². The molecule has 2 aromatic rings. The maximum absolute atomic E-state index is 11.7. The second-order valence-corrected chi connectivity index (χ2v) is 4.46. The molecule has 0 aliphatic carbocycles. The van der Waals surface area contributed by atoms with Gasteiger partial charge in [-0.25, -0.2) is 0 Å². The summed E-state index contributed by atoms with van der Waals surface area (Å²) in [5, 5.41) is 0. The van der Waals surface area contributed by atoms with E-state index in [1.165, 1.54) is 0 Å². The fourth-order valence-corrected chi connectivity index (χ4v) is 1.87. The minimum Gasteiger partial charge on any atom is -0.497 e. The first-order chi connectivity index (χ1) is 9.11. The zero-order valence-corrected chi connectivity index (χ0v) is 11.1. The lowest BCUT2D eigenvalue weighted by Crippen LogP contribution is -2.26. The lowest BCUT2D eigenvalue weighted by Gasteiger charge is -2.07. The average molecular weight is 255 g/mol. The van der Waals surface area contributed by atoms with E-state index in [0.717, 1.165) is 16.9 Å². The van der Waals surface area contributed by atoms with Crippen LogP contribution in [-0.4, -0.2) is 18.9 Å². The maximum Gasteiger partial charge on any atom is 0.179 e. The number of Topliss-reactive ketones (excluding diaryl/α,β-unsaturated/α-hetero) is 1. The summed E-state index contributed by atoms with van der Waals surface area (Å²) >= 11 is 0. The highest BCUT2D eigenvalue weighted by Gasteiger charge is 2.10. The number of nitrogens with two attached hydrogens (primary N) is 1. The Balaban J connectivity index is 2.24. The van der Waals surface area contributed by atoms with Crippen LogP contribution in [0.15, 0.2) is 48.5 Å². The minimum absolute atomic E-state index is 0.0405. The van der Waals surface area contributed by atoms with Crippen molar-refractivity contribution in [2.45, 2.75) is 13.0 Å². The Hall–Kier alpha value is -2.13. The van der Waals surface area contributed by atoms with Crippen molar-refractivity contribution in [2.75, 3.05) is 7.11 Å². The molecule has 3 nitrogen and oxygen atoms in total. The number of ether oxygens (including phenoxy) is 1. The molecule has 2 N–H and O–H groups in total. The number of benzene rings is 2. The zero-order chi connectivity index (χ0) is 13.8. The molecule has 0 fully saturated rings. The first-order valence-corrected chi connectivity index (χ1v) is 6.16. The number of ketones is 1. The molecule has 3 heteroatoms. The van der Waals surface area contributed by atoms with E-state index in [2.05, 4.69) is 0 Å². The van der Waals surface area contributed by atoms with Crippen LogP contribution in [0.5, 0.6) is 5.75 Å². The van der Waals surface area contributed by atoms with Gasteiger partial charge in [0.2, 0.25) is 0 Å². The Kier molecular flexibility index (Phi) is 3.97. The topological polar surface area (TPSA) is 52.3 Å². The smallest absolute Gasteiger partial charge is 0.179 e. The monoisotopic (exact) mass is 255 g/mol. The van der Waals surface area contributed by atoms with Gasteiger partial charge in [-0.2, -0.15) is 0 Å². The minimum atomic E-state index is -0.466. The molecule has 1 unspecified atom stereocenters. The molecule has 2 rings (SSSR count). The predicted molar refractivity (Wildman–Crippen MR) is 76.4 cm³/mol. The molecule has 0 spiro atoms. The first kappa shape index (κ1) is 13.3. The van der Waals surface area contributed by atoms with E-state index in [0.29, 0.717) is 5.56 Å². The van der Waals surface area contributed by atoms with Crippen molar-refractivity contribution in [3.05, 3.63) is 54.1 Å². The van der Waals surface area contributed by atoms with Crippen LogP contribution in [0, 0.1) is 0 Å². The lowest BCUT2D eigenvalue weighted by atomic mass is 10.0. The summed E-state index contributed by atoms with van der Waals surface area (Å²) in [5.41, 5.74) is 8.37. The third kappa shape index (κ3) is 3.01. The highest BCUT2D eigenvalue weighted by Crippen LogP contribution is 2.22. The molecule has 0 radical (unpaired) electrons. The SMILES string of the molecule is COc1ccc(-c2ccc(C(=O)C(C)N)cc2)cc1. The quantitative estimate of drug-likeness (QED) is 0.855. The fourth-order valence-electron chi connectivity index (χ4n) is 1.87. The molecule has 0 heterocycles. The van der Waals surface area contributed by atoms with Crippen molar-refractivity contribution in [3.63, 3.8) is 0 Å². The van der Waals surface area contributed by atoms with Gasteiger partial charge >= 0.3 is 0 Å². The van der Waals surface area contributed by atoms with Crippen LogP contribution in [0.3, 0.4) is 0 Å². The second kappa shape index (κ2) is 5.67. The van der Waals surface area contributed by atoms with Crippen LogP contribution in [0.4, 0.5) is 0 Å². The van der Waals surface area contributed by atoms with Gasteiger partial charge in [0.1, 0.15) is 5.75 Å². The Morgan fingerprint density at radius 2 is 1.47 bits per heavy atom. The Bertz CT molecular complexity index is 556. The van der Waals surface area contributed by atoms with Crippen molar-refractivity contribution in [3.8, 4) is 16.9 Å². The molecular weight excluding hydrogens is 238 g/mol. The van der Waals surface area contributed by atoms with Gasteiger partial charge in [0.25, 0.3) is 0 Å². The summed E-state index contributed by atoms with van der Waals surface area (Å²) in [4.78, 5) is 11.7. The van der Waals surface area contributed by atoms with Gasteiger partial charge in [-0.15, -0.1) is 0 Å². The van der Waals surface area contributed by atoms with Gasteiger partial charge in [-0.05, 0) is 30.2 Å². The number of rotatable bonds is 4. The van der Waals surface area contributed by atoms with Crippen LogP contribution in [-0.2, 0) is 0 Å². The number of carbonyl (C=O) groups excluding carboxylic acids is 1. The highest BCUT2D eigenvalue weighted by molar-refractivity contribution is 6.00. The number of carbonyl (C=O) groups is 1. The Morgan fingerprint density at radius 1 is 1.00 bits per heavy atom. The molecule has 0 saturated heterocycles. The first-order valence-electron chi connectivity index (χ1n) is 6.16. The fraction of sp³-hybridized carbons (Fsp3) is 0.188. The van der Waals surface area contributed by atoms with Crippen molar-refractivity contribution in [1.82, 2.24) is 0 Å². The second-order valence-electron chi connectivity index (χ2n) is 4.46. The highest BCUT2D eigenvalue weighted by atomic mass is 16.5. The molecule has 98 valence electrons. The van der Waals surface area contributed by atoms with E-state index in [4.69, 9.17) is 10.5 Å². The lowest BCUT2D eigenvalue weighted by molar-refractivity contribution is 0.0968. The Labute approximate surface area is 113 Å². The van der Waals surface area contributed by atoms with E-state index in [1.54, 1.807) is 14.0 Å². The average Bonchev–Trinajstić information content (AvgIpc) is 2.46. The summed E-state index contributed by atoms with van der Waals surface area (Å²) in [7, 11) is 1.64. The van der Waals surface area contributed by atoms with Crippen LogP contribution < -0.4 is 10.5 Å². The van der Waals surface area contributed by atoms with E-state index < -0.39 is 6.04 Å². The summed E-state index contributed by atoms with van der Waals surface area (Å²) in [6.45, 7) is 1.69. The molecular formula is C16H17NO2. The summed E-state index contributed by atoms with van der Waals surface area (Å²) in [6.07, 6.45) is 0. The van der Waals surface area contributed by atoms with E-state index >= 15 is 0 Å². The van der Waals surface area contributed by atoms with Crippen molar-refractivity contribution >= 4 is 5.78 Å². The molecule has 0 bridgehead atoms. The number of hydrogen-bond acceptors (Lipinski definition) is 3. The molecule has 1 atom stereocenters.